The number of hydrogen-bond acceptors (Lipinski definition) is 5. The normalized spacial score (nSPS) is 12.7. The number of halogens is 2. The zero-order valence-corrected chi connectivity index (χ0v) is 26.7. The Balaban J connectivity index is 2.03. The number of anilines is 1. The van der Waals surface area contributed by atoms with Gasteiger partial charge >= 0.3 is 0 Å². The minimum absolute atomic E-state index is 0.0198. The van der Waals surface area contributed by atoms with Gasteiger partial charge in [0.25, 0.3) is 10.0 Å². The van der Waals surface area contributed by atoms with Gasteiger partial charge in [0.1, 0.15) is 18.3 Å². The molecule has 1 N–H and O–H groups in total. The van der Waals surface area contributed by atoms with E-state index >= 15 is 0 Å². The third kappa shape index (κ3) is 8.70. The maximum Gasteiger partial charge on any atom is 0.264 e. The Morgan fingerprint density at radius 2 is 1.66 bits per heavy atom. The Labute approximate surface area is 255 Å². The molecule has 3 aromatic rings. The van der Waals surface area contributed by atoms with Gasteiger partial charge in [-0.3, -0.25) is 13.9 Å². The molecule has 0 aliphatic heterocycles. The van der Waals surface area contributed by atoms with Gasteiger partial charge in [-0.25, -0.2) is 8.42 Å². The molecular formula is C30H35BrClN3O5S. The number of nitrogens with zero attached hydrogens (tertiary/aromatic N) is 2. The summed E-state index contributed by atoms with van der Waals surface area (Å²) in [6.45, 7) is 7.29. The Hall–Kier alpha value is -3.08. The highest BCUT2D eigenvalue weighted by molar-refractivity contribution is 9.10. The highest BCUT2D eigenvalue weighted by Gasteiger charge is 2.33. The van der Waals surface area contributed by atoms with Crippen molar-refractivity contribution in [3.8, 4) is 5.75 Å². The molecule has 3 aromatic carbocycles. The Kier molecular flexibility index (Phi) is 11.6. The van der Waals surface area contributed by atoms with E-state index in [4.69, 9.17) is 16.3 Å². The molecule has 0 fully saturated rings. The molecule has 0 aliphatic rings. The Bertz CT molecular complexity index is 1440. The van der Waals surface area contributed by atoms with Crippen molar-refractivity contribution in [3.63, 3.8) is 0 Å². The van der Waals surface area contributed by atoms with Crippen molar-refractivity contribution in [2.45, 2.75) is 57.6 Å². The van der Waals surface area contributed by atoms with Gasteiger partial charge in [0.05, 0.1) is 17.2 Å². The van der Waals surface area contributed by atoms with Crippen molar-refractivity contribution in [2.24, 2.45) is 0 Å². The van der Waals surface area contributed by atoms with E-state index in [-0.39, 0.29) is 29.1 Å². The highest BCUT2D eigenvalue weighted by atomic mass is 79.9. The van der Waals surface area contributed by atoms with Gasteiger partial charge in [-0.15, -0.1) is 0 Å². The molecule has 2 atom stereocenters. The van der Waals surface area contributed by atoms with Crippen molar-refractivity contribution in [1.82, 2.24) is 10.2 Å². The second-order valence-electron chi connectivity index (χ2n) is 9.54. The zero-order valence-electron chi connectivity index (χ0n) is 23.5. The van der Waals surface area contributed by atoms with Crippen LogP contribution in [-0.4, -0.2) is 50.4 Å². The molecule has 2 amide bonds. The van der Waals surface area contributed by atoms with Gasteiger partial charge in [-0.05, 0) is 93.4 Å². The average molecular weight is 665 g/mol. The summed E-state index contributed by atoms with van der Waals surface area (Å²) >= 11 is 9.53. The summed E-state index contributed by atoms with van der Waals surface area (Å²) in [5.41, 5.74) is 0.988. The molecule has 0 saturated heterocycles. The van der Waals surface area contributed by atoms with Crippen molar-refractivity contribution >= 4 is 55.1 Å². The molecule has 0 radical (unpaired) electrons. The SMILES string of the molecule is CCOc1ccc(N(CC(=O)N(Cc2cccc(Cl)c2)[C@@H](C)C(=O)N[C@H](C)CC)S(=O)(=O)c2ccc(Br)cc2)cc1. The molecule has 0 unspecified atom stereocenters. The monoisotopic (exact) mass is 663 g/mol. The van der Waals surface area contributed by atoms with Crippen molar-refractivity contribution in [3.05, 3.63) is 87.9 Å². The van der Waals surface area contributed by atoms with Crippen molar-refractivity contribution in [1.29, 1.82) is 0 Å². The van der Waals surface area contributed by atoms with E-state index in [1.165, 1.54) is 17.0 Å². The van der Waals surface area contributed by atoms with Gasteiger partial charge in [0.2, 0.25) is 11.8 Å². The summed E-state index contributed by atoms with van der Waals surface area (Å²) in [5.74, 6) is -0.314. The zero-order chi connectivity index (χ0) is 30.2. The molecule has 41 heavy (non-hydrogen) atoms. The van der Waals surface area contributed by atoms with Crippen molar-refractivity contribution in [2.75, 3.05) is 17.5 Å². The van der Waals surface area contributed by atoms with Crippen LogP contribution in [0.1, 0.15) is 39.7 Å². The van der Waals surface area contributed by atoms with Crippen LogP contribution >= 0.6 is 27.5 Å². The number of amides is 2. The van der Waals surface area contributed by atoms with Crippen LogP contribution in [0.2, 0.25) is 5.02 Å². The molecule has 0 aromatic heterocycles. The van der Waals surface area contributed by atoms with Crippen LogP contribution in [0.4, 0.5) is 5.69 Å². The fourth-order valence-electron chi connectivity index (χ4n) is 4.02. The molecule has 220 valence electrons. The third-order valence-electron chi connectivity index (χ3n) is 6.53. The number of nitrogens with one attached hydrogen (secondary N) is 1. The lowest BCUT2D eigenvalue weighted by molar-refractivity contribution is -0.139. The number of hydrogen-bond donors (Lipinski definition) is 1. The largest absolute Gasteiger partial charge is 0.494 e. The Morgan fingerprint density at radius 3 is 2.24 bits per heavy atom. The van der Waals surface area contributed by atoms with Crippen LogP contribution in [0.5, 0.6) is 5.75 Å². The van der Waals surface area contributed by atoms with Crippen LogP contribution in [-0.2, 0) is 26.2 Å². The van der Waals surface area contributed by atoms with E-state index in [0.29, 0.717) is 27.4 Å². The topological polar surface area (TPSA) is 96.0 Å². The Morgan fingerprint density at radius 1 is 1.00 bits per heavy atom. The van der Waals surface area contributed by atoms with E-state index in [0.717, 1.165) is 10.7 Å². The summed E-state index contributed by atoms with van der Waals surface area (Å²) in [5, 5.41) is 3.40. The number of carbonyl (C=O) groups is 2. The van der Waals surface area contributed by atoms with Gasteiger partial charge in [0.15, 0.2) is 0 Å². The van der Waals surface area contributed by atoms with Crippen LogP contribution < -0.4 is 14.4 Å². The first-order valence-corrected chi connectivity index (χ1v) is 15.9. The number of ether oxygens (including phenoxy) is 1. The lowest BCUT2D eigenvalue weighted by Crippen LogP contribution is -2.52. The third-order valence-corrected chi connectivity index (χ3v) is 9.08. The first-order chi connectivity index (χ1) is 19.5. The van der Waals surface area contributed by atoms with Gasteiger partial charge in [-0.2, -0.15) is 0 Å². The highest BCUT2D eigenvalue weighted by Crippen LogP contribution is 2.27. The van der Waals surface area contributed by atoms with Crippen LogP contribution in [0.15, 0.2) is 82.2 Å². The van der Waals surface area contributed by atoms with E-state index in [9.17, 15) is 18.0 Å². The van der Waals surface area contributed by atoms with Crippen LogP contribution in [0.3, 0.4) is 0 Å². The first-order valence-electron chi connectivity index (χ1n) is 13.3. The smallest absolute Gasteiger partial charge is 0.264 e. The van der Waals surface area contributed by atoms with Gasteiger partial charge < -0.3 is 15.0 Å². The maximum atomic E-state index is 14.0. The fourth-order valence-corrected chi connectivity index (χ4v) is 5.91. The number of rotatable bonds is 13. The molecule has 8 nitrogen and oxygen atoms in total. The molecule has 0 aliphatic carbocycles. The second kappa shape index (κ2) is 14.7. The number of carbonyl (C=O) groups excluding carboxylic acids is 2. The number of benzene rings is 3. The minimum Gasteiger partial charge on any atom is -0.494 e. The maximum absolute atomic E-state index is 14.0. The molecule has 0 saturated carbocycles. The summed E-state index contributed by atoms with van der Waals surface area (Å²) in [6.07, 6.45) is 0.720. The second-order valence-corrected chi connectivity index (χ2v) is 12.8. The van der Waals surface area contributed by atoms with E-state index in [2.05, 4.69) is 21.2 Å². The molecule has 11 heteroatoms. The predicted octanol–water partition coefficient (Wildman–Crippen LogP) is 6.03. The minimum atomic E-state index is -4.17. The van der Waals surface area contributed by atoms with E-state index in [1.807, 2.05) is 20.8 Å². The van der Waals surface area contributed by atoms with Crippen LogP contribution in [0, 0.1) is 0 Å². The van der Waals surface area contributed by atoms with Crippen molar-refractivity contribution < 1.29 is 22.7 Å². The lowest BCUT2D eigenvalue weighted by atomic mass is 10.1. The molecular weight excluding hydrogens is 630 g/mol. The summed E-state index contributed by atoms with van der Waals surface area (Å²) in [7, 11) is -4.17. The van der Waals surface area contributed by atoms with E-state index in [1.54, 1.807) is 67.6 Å². The molecule has 0 bridgehead atoms. The fraction of sp³-hybridized carbons (Fsp3) is 0.333. The lowest BCUT2D eigenvalue weighted by Gasteiger charge is -2.32. The quantitative estimate of drug-likeness (QED) is 0.241. The van der Waals surface area contributed by atoms with E-state index < -0.39 is 28.5 Å². The summed E-state index contributed by atoms with van der Waals surface area (Å²) in [4.78, 5) is 28.5. The van der Waals surface area contributed by atoms with Crippen LogP contribution in [0.25, 0.3) is 0 Å². The standard InChI is InChI=1S/C30H35BrClN3O5S/c1-5-21(3)33-30(37)22(4)34(19-23-8-7-9-25(32)18-23)29(36)20-35(26-12-14-27(15-13-26)40-6-2)41(38,39)28-16-10-24(31)11-17-28/h7-18,21-22H,5-6,19-20H2,1-4H3,(H,33,37)/t21-,22+/m1/s1. The average Bonchev–Trinajstić information content (AvgIpc) is 2.95. The van der Waals surface area contributed by atoms with Gasteiger partial charge in [0, 0.05) is 22.1 Å². The molecule has 3 rings (SSSR count). The summed E-state index contributed by atoms with van der Waals surface area (Å²) < 4.78 is 35.1. The van der Waals surface area contributed by atoms with Gasteiger partial charge in [-0.1, -0.05) is 46.6 Å². The predicted molar refractivity (Wildman–Crippen MR) is 166 cm³/mol. The first kappa shape index (κ1) is 32.4. The summed E-state index contributed by atoms with van der Waals surface area (Å²) in [6, 6.07) is 18.7. The molecule has 0 heterocycles. The molecule has 0 spiro atoms. The number of sulfonamides is 1.